The SMILES string of the molecule is C=C[C@H](OC(=O)c1ccccc1)c1ccc(C(F)(F)F)cc1. The third-order valence-electron chi connectivity index (χ3n) is 3.02. The average molecular weight is 306 g/mol. The minimum atomic E-state index is -4.40. The van der Waals surface area contributed by atoms with Gasteiger partial charge in [0.2, 0.25) is 0 Å². The van der Waals surface area contributed by atoms with Crippen molar-refractivity contribution in [2.75, 3.05) is 0 Å². The topological polar surface area (TPSA) is 26.3 Å². The van der Waals surface area contributed by atoms with Crippen molar-refractivity contribution in [1.82, 2.24) is 0 Å². The minimum absolute atomic E-state index is 0.362. The highest BCUT2D eigenvalue weighted by Crippen LogP contribution is 2.30. The quantitative estimate of drug-likeness (QED) is 0.599. The van der Waals surface area contributed by atoms with Gasteiger partial charge in [-0.15, -0.1) is 0 Å². The zero-order chi connectivity index (χ0) is 16.2. The van der Waals surface area contributed by atoms with E-state index in [4.69, 9.17) is 4.74 Å². The number of hydrogen-bond acceptors (Lipinski definition) is 2. The van der Waals surface area contributed by atoms with Gasteiger partial charge in [0.05, 0.1) is 11.1 Å². The Morgan fingerprint density at radius 1 is 1.05 bits per heavy atom. The number of hydrogen-bond donors (Lipinski definition) is 0. The maximum atomic E-state index is 12.5. The molecule has 2 rings (SSSR count). The van der Waals surface area contributed by atoms with Crippen LogP contribution < -0.4 is 0 Å². The van der Waals surface area contributed by atoms with Gasteiger partial charge in [-0.1, -0.05) is 36.9 Å². The van der Waals surface area contributed by atoms with Crippen LogP contribution in [-0.2, 0) is 10.9 Å². The molecule has 0 saturated heterocycles. The van der Waals surface area contributed by atoms with Crippen LogP contribution in [0.3, 0.4) is 0 Å². The fourth-order valence-corrected chi connectivity index (χ4v) is 1.87. The Bertz CT molecular complexity index is 646. The summed E-state index contributed by atoms with van der Waals surface area (Å²) in [6.07, 6.45) is -3.85. The van der Waals surface area contributed by atoms with E-state index in [0.29, 0.717) is 11.1 Å². The summed E-state index contributed by atoms with van der Waals surface area (Å²) in [5, 5.41) is 0. The zero-order valence-corrected chi connectivity index (χ0v) is 11.5. The van der Waals surface area contributed by atoms with E-state index >= 15 is 0 Å². The summed E-state index contributed by atoms with van der Waals surface area (Å²) in [6.45, 7) is 3.56. The molecular formula is C17H13F3O2. The van der Waals surface area contributed by atoms with Crippen LogP contribution in [-0.4, -0.2) is 5.97 Å². The number of alkyl halides is 3. The van der Waals surface area contributed by atoms with Crippen LogP contribution in [0.25, 0.3) is 0 Å². The Balaban J connectivity index is 2.15. The van der Waals surface area contributed by atoms with E-state index in [0.717, 1.165) is 12.1 Å². The van der Waals surface area contributed by atoms with Gasteiger partial charge < -0.3 is 4.74 Å². The number of rotatable bonds is 4. The third kappa shape index (κ3) is 3.75. The van der Waals surface area contributed by atoms with Gasteiger partial charge in [0, 0.05) is 0 Å². The molecule has 0 aliphatic heterocycles. The van der Waals surface area contributed by atoms with Crippen molar-refractivity contribution in [3.8, 4) is 0 Å². The molecule has 0 N–H and O–H groups in total. The molecule has 0 saturated carbocycles. The van der Waals surface area contributed by atoms with Crippen molar-refractivity contribution in [3.63, 3.8) is 0 Å². The number of ether oxygens (including phenoxy) is 1. The highest BCUT2D eigenvalue weighted by atomic mass is 19.4. The predicted octanol–water partition coefficient (Wildman–Crippen LogP) is 4.79. The maximum absolute atomic E-state index is 12.5. The molecule has 0 radical (unpaired) electrons. The van der Waals surface area contributed by atoms with Gasteiger partial charge >= 0.3 is 12.1 Å². The highest BCUT2D eigenvalue weighted by molar-refractivity contribution is 5.89. The van der Waals surface area contributed by atoms with Gasteiger partial charge in [0.1, 0.15) is 6.10 Å². The first-order valence-corrected chi connectivity index (χ1v) is 6.47. The average Bonchev–Trinajstić information content (AvgIpc) is 2.52. The maximum Gasteiger partial charge on any atom is 0.416 e. The second-order valence-electron chi connectivity index (χ2n) is 4.55. The fourth-order valence-electron chi connectivity index (χ4n) is 1.87. The van der Waals surface area contributed by atoms with E-state index in [1.54, 1.807) is 30.3 Å². The molecule has 0 aliphatic carbocycles. The van der Waals surface area contributed by atoms with Crippen molar-refractivity contribution in [2.45, 2.75) is 12.3 Å². The fraction of sp³-hybridized carbons (Fsp3) is 0.118. The lowest BCUT2D eigenvalue weighted by atomic mass is 10.1. The Kier molecular flexibility index (Phi) is 4.65. The first-order valence-electron chi connectivity index (χ1n) is 6.47. The molecule has 2 aromatic carbocycles. The summed E-state index contributed by atoms with van der Waals surface area (Å²) < 4.78 is 42.8. The molecule has 2 aromatic rings. The summed E-state index contributed by atoms with van der Waals surface area (Å²) in [4.78, 5) is 12.0. The molecule has 114 valence electrons. The Morgan fingerprint density at radius 3 is 2.14 bits per heavy atom. The lowest BCUT2D eigenvalue weighted by Gasteiger charge is -2.15. The van der Waals surface area contributed by atoms with Crippen LogP contribution in [0.5, 0.6) is 0 Å². The standard InChI is InChI=1S/C17H13F3O2/c1-2-15(22-16(21)13-6-4-3-5-7-13)12-8-10-14(11-9-12)17(18,19)20/h2-11,15H,1H2/t15-/m0/s1. The molecular weight excluding hydrogens is 293 g/mol. The molecule has 0 heterocycles. The number of halogens is 3. The molecule has 0 unspecified atom stereocenters. The predicted molar refractivity (Wildman–Crippen MR) is 76.2 cm³/mol. The molecule has 0 bridgehead atoms. The van der Waals surface area contributed by atoms with E-state index in [1.807, 2.05) is 0 Å². The van der Waals surface area contributed by atoms with Crippen molar-refractivity contribution in [2.24, 2.45) is 0 Å². The van der Waals surface area contributed by atoms with Crippen LogP contribution >= 0.6 is 0 Å². The van der Waals surface area contributed by atoms with Gasteiger partial charge in [-0.2, -0.15) is 13.2 Å². The first-order chi connectivity index (χ1) is 10.4. The van der Waals surface area contributed by atoms with Gasteiger partial charge in [-0.3, -0.25) is 0 Å². The van der Waals surface area contributed by atoms with Crippen LogP contribution in [0, 0.1) is 0 Å². The number of carbonyl (C=O) groups is 1. The van der Waals surface area contributed by atoms with E-state index in [-0.39, 0.29) is 0 Å². The van der Waals surface area contributed by atoms with Gasteiger partial charge in [0.15, 0.2) is 0 Å². The van der Waals surface area contributed by atoms with E-state index in [1.165, 1.54) is 18.2 Å². The van der Waals surface area contributed by atoms with Crippen LogP contribution in [0.1, 0.15) is 27.6 Å². The molecule has 22 heavy (non-hydrogen) atoms. The number of esters is 1. The van der Waals surface area contributed by atoms with Gasteiger partial charge in [-0.05, 0) is 35.9 Å². The zero-order valence-electron chi connectivity index (χ0n) is 11.5. The van der Waals surface area contributed by atoms with Crippen LogP contribution in [0.15, 0.2) is 67.3 Å². The van der Waals surface area contributed by atoms with Crippen LogP contribution in [0.2, 0.25) is 0 Å². The Morgan fingerprint density at radius 2 is 1.64 bits per heavy atom. The second kappa shape index (κ2) is 6.47. The molecule has 0 fully saturated rings. The molecule has 0 aliphatic rings. The van der Waals surface area contributed by atoms with E-state index in [2.05, 4.69) is 6.58 Å². The molecule has 0 amide bonds. The summed E-state index contributed by atoms with van der Waals surface area (Å²) in [5.41, 5.74) is 0.0296. The first kappa shape index (κ1) is 15.8. The summed E-state index contributed by atoms with van der Waals surface area (Å²) in [5.74, 6) is -0.564. The largest absolute Gasteiger partial charge is 0.450 e. The minimum Gasteiger partial charge on any atom is -0.450 e. The molecule has 2 nitrogen and oxygen atoms in total. The molecule has 0 aromatic heterocycles. The summed E-state index contributed by atoms with van der Waals surface area (Å²) in [6, 6.07) is 12.8. The molecule has 5 heteroatoms. The Hall–Kier alpha value is -2.56. The van der Waals surface area contributed by atoms with Gasteiger partial charge in [0.25, 0.3) is 0 Å². The van der Waals surface area contributed by atoms with Crippen molar-refractivity contribution in [3.05, 3.63) is 83.9 Å². The van der Waals surface area contributed by atoms with Crippen molar-refractivity contribution >= 4 is 5.97 Å². The lowest BCUT2D eigenvalue weighted by Crippen LogP contribution is -2.10. The third-order valence-corrected chi connectivity index (χ3v) is 3.02. The summed E-state index contributed by atoms with van der Waals surface area (Å²) >= 11 is 0. The number of benzene rings is 2. The van der Waals surface area contributed by atoms with E-state index < -0.39 is 23.8 Å². The smallest absolute Gasteiger partial charge is 0.416 e. The lowest BCUT2D eigenvalue weighted by molar-refractivity contribution is -0.137. The van der Waals surface area contributed by atoms with E-state index in [9.17, 15) is 18.0 Å². The summed E-state index contributed by atoms with van der Waals surface area (Å²) in [7, 11) is 0. The monoisotopic (exact) mass is 306 g/mol. The normalized spacial score (nSPS) is 12.5. The van der Waals surface area contributed by atoms with Gasteiger partial charge in [-0.25, -0.2) is 4.79 Å². The molecule has 0 spiro atoms. The number of carbonyl (C=O) groups excluding carboxylic acids is 1. The second-order valence-corrected chi connectivity index (χ2v) is 4.55. The van der Waals surface area contributed by atoms with Crippen LogP contribution in [0.4, 0.5) is 13.2 Å². The van der Waals surface area contributed by atoms with Crippen molar-refractivity contribution in [1.29, 1.82) is 0 Å². The Labute approximate surface area is 125 Å². The highest BCUT2D eigenvalue weighted by Gasteiger charge is 2.30. The molecule has 1 atom stereocenters. The van der Waals surface area contributed by atoms with Crippen molar-refractivity contribution < 1.29 is 22.7 Å².